The number of nitrogens with two attached hydrogens (primary N) is 1. The molecule has 0 aliphatic carbocycles. The van der Waals surface area contributed by atoms with Crippen molar-refractivity contribution >= 4 is 15.8 Å². The monoisotopic (exact) mass is 510 g/mol. The Bertz CT molecular complexity index is 1110. The second-order valence-electron chi connectivity index (χ2n) is 9.49. The molecule has 1 saturated heterocycles. The van der Waals surface area contributed by atoms with Crippen molar-refractivity contribution < 1.29 is 27.4 Å². The predicted octanol–water partition coefficient (Wildman–Crippen LogP) is 1.75. The van der Waals surface area contributed by atoms with Crippen LogP contribution in [-0.2, 0) is 21.2 Å². The van der Waals surface area contributed by atoms with E-state index in [4.69, 9.17) is 14.6 Å². The van der Waals surface area contributed by atoms with Gasteiger partial charge in [0.25, 0.3) is 0 Å². The third kappa shape index (κ3) is 8.11. The minimum Gasteiger partial charge on any atom is -0.487 e. The Kier molecular flexibility index (Phi) is 9.05. The van der Waals surface area contributed by atoms with Crippen molar-refractivity contribution in [3.63, 3.8) is 0 Å². The average molecular weight is 511 g/mol. The molecule has 35 heavy (non-hydrogen) atoms. The first-order valence-corrected chi connectivity index (χ1v) is 13.2. The number of aliphatic hydroxyl groups excluding tert-OH is 1. The maximum absolute atomic E-state index is 14.4. The molecule has 0 spiro atoms. The number of rotatable bonds is 10. The quantitative estimate of drug-likeness (QED) is 0.441. The van der Waals surface area contributed by atoms with Gasteiger partial charge in [-0.3, -0.25) is 0 Å². The summed E-state index contributed by atoms with van der Waals surface area (Å²) in [4.78, 5) is 6.41. The molecule has 2 heterocycles. The lowest BCUT2D eigenvalue weighted by molar-refractivity contribution is 0.0987. The number of primary sulfonamides is 1. The molecule has 2 aromatic rings. The van der Waals surface area contributed by atoms with Gasteiger partial charge in [-0.15, -0.1) is 0 Å². The Morgan fingerprint density at radius 2 is 2.09 bits per heavy atom. The van der Waals surface area contributed by atoms with Gasteiger partial charge in [0, 0.05) is 38.0 Å². The Hall–Kier alpha value is -2.31. The lowest BCUT2D eigenvalue weighted by Crippen LogP contribution is -2.46. The second-order valence-corrected chi connectivity index (χ2v) is 11.1. The number of ether oxygens (including phenoxy) is 2. The minimum absolute atomic E-state index is 0.0585. The number of aryl methyl sites for hydroxylation is 1. The lowest BCUT2D eigenvalue weighted by atomic mass is 9.94. The number of hydrogen-bond acceptors (Lipinski definition) is 8. The first-order valence-electron chi connectivity index (χ1n) is 11.6. The highest BCUT2D eigenvalue weighted by Gasteiger charge is 2.23. The molecule has 0 saturated carbocycles. The van der Waals surface area contributed by atoms with E-state index >= 15 is 0 Å². The molecule has 0 amide bonds. The van der Waals surface area contributed by atoms with E-state index in [-0.39, 0.29) is 24.5 Å². The number of nitrogens with zero attached hydrogens (tertiary/aromatic N) is 2. The summed E-state index contributed by atoms with van der Waals surface area (Å²) in [6.07, 6.45) is 2.16. The molecule has 1 atom stereocenters. The molecular weight excluding hydrogens is 475 g/mol. The standard InChI is InChI=1S/C24H35FN4O5S/c1-17-11-22(23(27-14-17)29-7-4-9-33-10-8-29)34-16-19(30)15-28-24(2,3)13-18-5-6-20(12-21(18)25)35(26,31)32/h5-6,11-12,14,19,28,30H,4,7-10,13,15-16H2,1-3H3,(H2,26,31,32)/t19-/m0/s1. The van der Waals surface area contributed by atoms with Crippen molar-refractivity contribution in [1.29, 1.82) is 0 Å². The van der Waals surface area contributed by atoms with Crippen molar-refractivity contribution in [2.45, 2.75) is 50.2 Å². The van der Waals surface area contributed by atoms with Crippen LogP contribution in [-0.4, -0.2) is 69.6 Å². The fourth-order valence-electron chi connectivity index (χ4n) is 3.86. The third-order valence-corrected chi connectivity index (χ3v) is 6.64. The van der Waals surface area contributed by atoms with Gasteiger partial charge in [-0.05, 0) is 62.9 Å². The van der Waals surface area contributed by atoms with Gasteiger partial charge in [-0.1, -0.05) is 6.07 Å². The van der Waals surface area contributed by atoms with Gasteiger partial charge in [0.15, 0.2) is 11.6 Å². The highest BCUT2D eigenvalue weighted by Crippen LogP contribution is 2.28. The maximum Gasteiger partial charge on any atom is 0.238 e. The van der Waals surface area contributed by atoms with E-state index in [1.807, 2.05) is 26.8 Å². The molecule has 1 aliphatic heterocycles. The molecule has 0 radical (unpaired) electrons. The molecule has 0 unspecified atom stereocenters. The van der Waals surface area contributed by atoms with Crippen LogP contribution in [0.2, 0.25) is 0 Å². The van der Waals surface area contributed by atoms with E-state index in [1.165, 1.54) is 12.1 Å². The number of β-amino-alcohol motifs (C(OH)–C–C–N with tert-alkyl or cyclic N) is 1. The zero-order valence-corrected chi connectivity index (χ0v) is 21.3. The van der Waals surface area contributed by atoms with E-state index in [9.17, 15) is 17.9 Å². The van der Waals surface area contributed by atoms with Gasteiger partial charge in [-0.2, -0.15) is 0 Å². The van der Waals surface area contributed by atoms with Gasteiger partial charge in [0.2, 0.25) is 10.0 Å². The van der Waals surface area contributed by atoms with Crippen LogP contribution in [0.4, 0.5) is 10.2 Å². The van der Waals surface area contributed by atoms with Crippen molar-refractivity contribution in [2.75, 3.05) is 44.4 Å². The number of anilines is 1. The average Bonchev–Trinajstić information content (AvgIpc) is 3.06. The zero-order chi connectivity index (χ0) is 25.6. The first-order chi connectivity index (χ1) is 16.4. The number of pyridine rings is 1. The van der Waals surface area contributed by atoms with Crippen LogP contribution in [0.25, 0.3) is 0 Å². The van der Waals surface area contributed by atoms with Crippen molar-refractivity contribution in [1.82, 2.24) is 10.3 Å². The zero-order valence-electron chi connectivity index (χ0n) is 20.5. The molecule has 3 rings (SSSR count). The van der Waals surface area contributed by atoms with Gasteiger partial charge in [-0.25, -0.2) is 22.9 Å². The first kappa shape index (κ1) is 27.3. The van der Waals surface area contributed by atoms with E-state index < -0.39 is 27.5 Å². The smallest absolute Gasteiger partial charge is 0.238 e. The van der Waals surface area contributed by atoms with Gasteiger partial charge < -0.3 is 24.8 Å². The van der Waals surface area contributed by atoms with E-state index in [0.717, 1.165) is 43.6 Å². The number of nitrogens with one attached hydrogen (secondary N) is 1. The molecule has 1 fully saturated rings. The number of sulfonamides is 1. The third-order valence-electron chi connectivity index (χ3n) is 5.72. The van der Waals surface area contributed by atoms with Crippen LogP contribution in [0.1, 0.15) is 31.4 Å². The molecule has 11 heteroatoms. The summed E-state index contributed by atoms with van der Waals surface area (Å²) in [5.41, 5.74) is 0.726. The summed E-state index contributed by atoms with van der Waals surface area (Å²) in [7, 11) is -3.97. The largest absolute Gasteiger partial charge is 0.487 e. The summed E-state index contributed by atoms with van der Waals surface area (Å²) in [6.45, 7) is 8.85. The Morgan fingerprint density at radius 1 is 1.31 bits per heavy atom. The fourth-order valence-corrected chi connectivity index (χ4v) is 4.39. The summed E-state index contributed by atoms with van der Waals surface area (Å²) >= 11 is 0. The van der Waals surface area contributed by atoms with E-state index in [2.05, 4.69) is 15.2 Å². The van der Waals surface area contributed by atoms with Gasteiger partial charge in [0.1, 0.15) is 18.5 Å². The number of hydrogen-bond donors (Lipinski definition) is 3. The van der Waals surface area contributed by atoms with Crippen molar-refractivity contribution in [3.8, 4) is 5.75 Å². The molecule has 4 N–H and O–H groups in total. The lowest BCUT2D eigenvalue weighted by Gasteiger charge is -2.28. The van der Waals surface area contributed by atoms with Gasteiger partial charge >= 0.3 is 0 Å². The molecule has 0 bridgehead atoms. The minimum atomic E-state index is -3.97. The molecular formula is C24H35FN4O5S. The maximum atomic E-state index is 14.4. The predicted molar refractivity (Wildman–Crippen MR) is 132 cm³/mol. The van der Waals surface area contributed by atoms with E-state index in [1.54, 1.807) is 6.20 Å². The highest BCUT2D eigenvalue weighted by molar-refractivity contribution is 7.89. The van der Waals surface area contributed by atoms with Crippen LogP contribution in [0.3, 0.4) is 0 Å². The normalized spacial score (nSPS) is 16.1. The number of halogens is 1. The van der Waals surface area contributed by atoms with Crippen LogP contribution < -0.4 is 20.1 Å². The Balaban J connectivity index is 1.56. The molecule has 1 aromatic carbocycles. The number of aromatic nitrogens is 1. The highest BCUT2D eigenvalue weighted by atomic mass is 32.2. The number of aliphatic hydroxyl groups is 1. The molecule has 1 aliphatic rings. The summed E-state index contributed by atoms with van der Waals surface area (Å²) in [5.74, 6) is 0.705. The fraction of sp³-hybridized carbons (Fsp3) is 0.542. The summed E-state index contributed by atoms with van der Waals surface area (Å²) in [6, 6.07) is 5.54. The van der Waals surface area contributed by atoms with Crippen LogP contribution >= 0.6 is 0 Å². The van der Waals surface area contributed by atoms with Crippen molar-refractivity contribution in [3.05, 3.63) is 47.4 Å². The van der Waals surface area contributed by atoms with Crippen LogP contribution in [0.5, 0.6) is 5.75 Å². The molecule has 1 aromatic heterocycles. The molecule has 9 nitrogen and oxygen atoms in total. The molecule has 194 valence electrons. The van der Waals surface area contributed by atoms with E-state index in [0.29, 0.717) is 17.9 Å². The number of benzene rings is 1. The topological polar surface area (TPSA) is 127 Å². The SMILES string of the molecule is Cc1cnc(N2CCCOCC2)c(OC[C@@H](O)CNC(C)(C)Cc2ccc(S(N)(=O)=O)cc2F)c1. The summed E-state index contributed by atoms with van der Waals surface area (Å²) < 4.78 is 48.7. The van der Waals surface area contributed by atoms with Crippen LogP contribution in [0, 0.1) is 12.7 Å². The van der Waals surface area contributed by atoms with Gasteiger partial charge in [0.05, 0.1) is 11.5 Å². The Morgan fingerprint density at radius 3 is 2.80 bits per heavy atom. The van der Waals surface area contributed by atoms with Crippen LogP contribution in [0.15, 0.2) is 35.4 Å². The van der Waals surface area contributed by atoms with Crippen molar-refractivity contribution in [2.24, 2.45) is 5.14 Å². The summed E-state index contributed by atoms with van der Waals surface area (Å²) in [5, 5.41) is 18.8. The Labute approximate surface area is 206 Å². The second kappa shape index (κ2) is 11.6.